The fourth-order valence-electron chi connectivity index (χ4n) is 3.06. The third-order valence-electron chi connectivity index (χ3n) is 4.44. The molecule has 0 aliphatic carbocycles. The van der Waals surface area contributed by atoms with Gasteiger partial charge in [-0.1, -0.05) is 18.2 Å². The van der Waals surface area contributed by atoms with Gasteiger partial charge in [0.05, 0.1) is 5.60 Å². The molecule has 0 radical (unpaired) electrons. The summed E-state index contributed by atoms with van der Waals surface area (Å²) in [6.07, 6.45) is 2.12. The van der Waals surface area contributed by atoms with E-state index in [1.807, 2.05) is 57.2 Å². The van der Waals surface area contributed by atoms with E-state index >= 15 is 0 Å². The molecule has 31 heavy (non-hydrogen) atoms. The molecule has 0 aliphatic rings. The van der Waals surface area contributed by atoms with Crippen LogP contribution < -0.4 is 16.4 Å². The van der Waals surface area contributed by atoms with Gasteiger partial charge in [0.25, 0.3) is 5.91 Å². The number of rotatable bonds is 7. The first-order chi connectivity index (χ1) is 14.7. The Morgan fingerprint density at radius 3 is 2.55 bits per heavy atom. The number of aromatic nitrogens is 1. The lowest BCUT2D eigenvalue weighted by Gasteiger charge is -2.25. The molecule has 7 nitrogen and oxygen atoms in total. The molecule has 1 heterocycles. The van der Waals surface area contributed by atoms with Crippen LogP contribution in [0.4, 0.5) is 11.4 Å². The lowest BCUT2D eigenvalue weighted by molar-refractivity contribution is -0.182. The molecule has 162 valence electrons. The van der Waals surface area contributed by atoms with E-state index in [1.54, 1.807) is 30.6 Å². The van der Waals surface area contributed by atoms with Crippen LogP contribution in [-0.2, 0) is 11.3 Å². The number of nitrogens with one attached hydrogen (secondary N) is 2. The molecule has 0 aliphatic heterocycles. The predicted molar refractivity (Wildman–Crippen MR) is 122 cm³/mol. The molecule has 7 heteroatoms. The Morgan fingerprint density at radius 2 is 1.87 bits per heavy atom. The SMILES string of the molecule is CC(C)(C)OC(O)NCc1ccc(C(=O)Nc2ccncc2)cc1-c1cccc(N)c1. The van der Waals surface area contributed by atoms with E-state index in [1.165, 1.54) is 0 Å². The Bertz CT molecular complexity index is 1030. The number of hydrogen-bond donors (Lipinski definition) is 4. The fourth-order valence-corrected chi connectivity index (χ4v) is 3.06. The smallest absolute Gasteiger partial charge is 0.255 e. The van der Waals surface area contributed by atoms with Crippen molar-refractivity contribution in [2.45, 2.75) is 39.3 Å². The zero-order valence-electron chi connectivity index (χ0n) is 17.9. The van der Waals surface area contributed by atoms with Crippen molar-refractivity contribution in [1.29, 1.82) is 0 Å². The summed E-state index contributed by atoms with van der Waals surface area (Å²) in [6, 6.07) is 16.3. The molecular formula is C24H28N4O3. The van der Waals surface area contributed by atoms with E-state index in [-0.39, 0.29) is 5.91 Å². The molecule has 5 N–H and O–H groups in total. The molecule has 2 aromatic carbocycles. The number of amides is 1. The highest BCUT2D eigenvalue weighted by molar-refractivity contribution is 6.05. The summed E-state index contributed by atoms with van der Waals surface area (Å²) in [6.45, 7) is 5.94. The quantitative estimate of drug-likeness (QED) is 0.342. The zero-order chi connectivity index (χ0) is 22.4. The van der Waals surface area contributed by atoms with Gasteiger partial charge in [-0.15, -0.1) is 0 Å². The minimum atomic E-state index is -1.12. The highest BCUT2D eigenvalue weighted by Crippen LogP contribution is 2.27. The molecule has 0 saturated carbocycles. The van der Waals surface area contributed by atoms with Crippen LogP contribution >= 0.6 is 0 Å². The molecule has 3 aromatic rings. The van der Waals surface area contributed by atoms with E-state index < -0.39 is 12.0 Å². The van der Waals surface area contributed by atoms with Gasteiger partial charge in [0, 0.05) is 35.9 Å². The Balaban J connectivity index is 1.87. The van der Waals surface area contributed by atoms with Gasteiger partial charge in [0.15, 0.2) is 0 Å². The topological polar surface area (TPSA) is 110 Å². The minimum absolute atomic E-state index is 0.230. The number of aliphatic hydroxyl groups is 1. The summed E-state index contributed by atoms with van der Waals surface area (Å²) >= 11 is 0. The van der Waals surface area contributed by atoms with Crippen molar-refractivity contribution in [2.24, 2.45) is 0 Å². The molecular weight excluding hydrogens is 392 g/mol. The van der Waals surface area contributed by atoms with Crippen molar-refractivity contribution < 1.29 is 14.6 Å². The summed E-state index contributed by atoms with van der Waals surface area (Å²) in [5, 5.41) is 16.0. The first-order valence-electron chi connectivity index (χ1n) is 10.0. The molecule has 0 saturated heterocycles. The van der Waals surface area contributed by atoms with E-state index in [2.05, 4.69) is 15.6 Å². The normalized spacial score (nSPS) is 12.4. The fraction of sp³-hybridized carbons (Fsp3) is 0.250. The van der Waals surface area contributed by atoms with Gasteiger partial charge in [-0.2, -0.15) is 0 Å². The Morgan fingerprint density at radius 1 is 1.13 bits per heavy atom. The average Bonchev–Trinajstić information content (AvgIpc) is 2.71. The summed E-state index contributed by atoms with van der Waals surface area (Å²) in [5.74, 6) is -0.230. The first-order valence-corrected chi connectivity index (χ1v) is 10.0. The van der Waals surface area contributed by atoms with Gasteiger partial charge in [-0.3, -0.25) is 15.1 Å². The van der Waals surface area contributed by atoms with Crippen LogP contribution in [0, 0.1) is 0 Å². The monoisotopic (exact) mass is 420 g/mol. The van der Waals surface area contributed by atoms with E-state index in [0.29, 0.717) is 23.5 Å². The summed E-state index contributed by atoms with van der Waals surface area (Å²) in [5.41, 5.74) is 9.89. The third kappa shape index (κ3) is 6.62. The van der Waals surface area contributed by atoms with Crippen LogP contribution in [-0.4, -0.2) is 28.0 Å². The maximum Gasteiger partial charge on any atom is 0.255 e. The number of carbonyl (C=O) groups excluding carboxylic acids is 1. The van der Waals surface area contributed by atoms with Gasteiger partial charge in [-0.25, -0.2) is 0 Å². The number of hydrogen-bond acceptors (Lipinski definition) is 6. The minimum Gasteiger partial charge on any atom is -0.399 e. The number of anilines is 2. The Labute approximate surface area is 182 Å². The molecule has 1 unspecified atom stereocenters. The molecule has 0 fully saturated rings. The van der Waals surface area contributed by atoms with Crippen molar-refractivity contribution in [2.75, 3.05) is 11.1 Å². The van der Waals surface area contributed by atoms with Crippen molar-refractivity contribution in [1.82, 2.24) is 10.3 Å². The summed E-state index contributed by atoms with van der Waals surface area (Å²) in [4.78, 5) is 16.7. The molecule has 0 bridgehead atoms. The Hall–Kier alpha value is -3.26. The number of pyridine rings is 1. The van der Waals surface area contributed by atoms with Crippen LogP contribution in [0.5, 0.6) is 0 Å². The number of nitrogen functional groups attached to an aromatic ring is 1. The van der Waals surface area contributed by atoms with Crippen molar-refractivity contribution in [3.63, 3.8) is 0 Å². The van der Waals surface area contributed by atoms with Gasteiger partial charge < -0.3 is 20.9 Å². The van der Waals surface area contributed by atoms with Gasteiger partial charge >= 0.3 is 0 Å². The number of carbonyl (C=O) groups is 1. The maximum atomic E-state index is 12.8. The second kappa shape index (κ2) is 9.70. The average molecular weight is 421 g/mol. The second-order valence-corrected chi connectivity index (χ2v) is 8.15. The highest BCUT2D eigenvalue weighted by atomic mass is 16.6. The van der Waals surface area contributed by atoms with Crippen LogP contribution in [0.2, 0.25) is 0 Å². The largest absolute Gasteiger partial charge is 0.399 e. The van der Waals surface area contributed by atoms with E-state index in [4.69, 9.17) is 10.5 Å². The maximum absolute atomic E-state index is 12.8. The van der Waals surface area contributed by atoms with Crippen molar-refractivity contribution >= 4 is 17.3 Å². The van der Waals surface area contributed by atoms with Crippen molar-refractivity contribution in [3.05, 3.63) is 78.1 Å². The number of ether oxygens (including phenoxy) is 1. The summed E-state index contributed by atoms with van der Waals surface area (Å²) < 4.78 is 5.51. The van der Waals surface area contributed by atoms with Gasteiger partial charge in [-0.05, 0) is 73.9 Å². The molecule has 1 atom stereocenters. The number of aliphatic hydroxyl groups excluding tert-OH is 1. The standard InChI is InChI=1S/C24H28N4O3/c1-24(2,3)31-23(30)27-15-18-8-7-17(22(29)28-20-9-11-26-12-10-20)14-21(18)16-5-4-6-19(25)13-16/h4-14,23,27,30H,15,25H2,1-3H3,(H,26,28,29). The highest BCUT2D eigenvalue weighted by Gasteiger charge is 2.17. The van der Waals surface area contributed by atoms with Crippen LogP contribution in [0.25, 0.3) is 11.1 Å². The molecule has 1 aromatic heterocycles. The number of benzene rings is 2. The van der Waals surface area contributed by atoms with Gasteiger partial charge in [0.2, 0.25) is 6.41 Å². The molecule has 0 spiro atoms. The van der Waals surface area contributed by atoms with Crippen molar-refractivity contribution in [3.8, 4) is 11.1 Å². The molecule has 3 rings (SSSR count). The van der Waals surface area contributed by atoms with Gasteiger partial charge in [0.1, 0.15) is 0 Å². The third-order valence-corrected chi connectivity index (χ3v) is 4.44. The first kappa shape index (κ1) is 22.4. The lowest BCUT2D eigenvalue weighted by atomic mass is 9.96. The van der Waals surface area contributed by atoms with E-state index in [0.717, 1.165) is 16.7 Å². The van der Waals surface area contributed by atoms with Crippen LogP contribution in [0.3, 0.4) is 0 Å². The zero-order valence-corrected chi connectivity index (χ0v) is 17.9. The Kier molecular flexibility index (Phi) is 7.02. The van der Waals surface area contributed by atoms with Crippen LogP contribution in [0.15, 0.2) is 67.0 Å². The lowest BCUT2D eigenvalue weighted by Crippen LogP contribution is -2.37. The van der Waals surface area contributed by atoms with E-state index in [9.17, 15) is 9.90 Å². The predicted octanol–water partition coefficient (Wildman–Crippen LogP) is 3.76. The van der Waals surface area contributed by atoms with Crippen LogP contribution in [0.1, 0.15) is 36.7 Å². The summed E-state index contributed by atoms with van der Waals surface area (Å²) in [7, 11) is 0. The molecule has 1 amide bonds. The number of nitrogens with two attached hydrogens (primary N) is 1. The second-order valence-electron chi connectivity index (χ2n) is 8.15. The number of nitrogens with zero attached hydrogens (tertiary/aromatic N) is 1.